The van der Waals surface area contributed by atoms with Crippen molar-refractivity contribution in [3.8, 4) is 0 Å². The minimum Gasteiger partial charge on any atom is -0.481 e. The quantitative estimate of drug-likeness (QED) is 0.557. The Balaban J connectivity index is 0. The molecule has 0 aromatic carbocycles. The van der Waals surface area contributed by atoms with Crippen molar-refractivity contribution in [2.24, 2.45) is 5.92 Å². The SMILES string of the molecule is C=C/C=C\C(=C/C)[C@@H](CC=O)C(=O)O.CC. The standard InChI is InChI=1S/C11H14O3.C2H6/c1-3-5-6-9(4-2)10(7-8-12)11(13)14;1-2/h3-6,8,10H,1,7H2,2H3,(H,13,14);1-2H3/b6-5-,9-4+;/t10-;/m1./s1. The van der Waals surface area contributed by atoms with Crippen molar-refractivity contribution in [2.45, 2.75) is 27.2 Å². The minimum absolute atomic E-state index is 0.00348. The number of allylic oxidation sites excluding steroid dienone is 4. The van der Waals surface area contributed by atoms with Crippen LogP contribution in [0.1, 0.15) is 27.2 Å². The lowest BCUT2D eigenvalue weighted by molar-refractivity contribution is -0.141. The van der Waals surface area contributed by atoms with E-state index in [4.69, 9.17) is 5.11 Å². The maximum absolute atomic E-state index is 10.8. The van der Waals surface area contributed by atoms with Gasteiger partial charge < -0.3 is 9.90 Å². The lowest BCUT2D eigenvalue weighted by Gasteiger charge is -2.09. The summed E-state index contributed by atoms with van der Waals surface area (Å²) in [5.74, 6) is -1.74. The maximum Gasteiger partial charge on any atom is 0.311 e. The van der Waals surface area contributed by atoms with Gasteiger partial charge in [0.2, 0.25) is 0 Å². The first-order chi connectivity index (χ1) is 7.67. The van der Waals surface area contributed by atoms with Crippen LogP contribution in [0.15, 0.2) is 36.5 Å². The second-order valence-corrected chi connectivity index (χ2v) is 2.68. The first kappa shape index (κ1) is 16.8. The van der Waals surface area contributed by atoms with E-state index >= 15 is 0 Å². The predicted molar refractivity (Wildman–Crippen MR) is 66.2 cm³/mol. The van der Waals surface area contributed by atoms with Crippen molar-refractivity contribution in [1.82, 2.24) is 0 Å². The fourth-order valence-corrected chi connectivity index (χ4v) is 1.07. The number of carboxylic acids is 1. The number of rotatable bonds is 6. The fraction of sp³-hybridized carbons (Fsp3) is 0.385. The van der Waals surface area contributed by atoms with Gasteiger partial charge in [0.15, 0.2) is 0 Å². The number of aldehydes is 1. The fourth-order valence-electron chi connectivity index (χ4n) is 1.07. The van der Waals surface area contributed by atoms with Gasteiger partial charge in [-0.15, -0.1) is 0 Å². The van der Waals surface area contributed by atoms with Crippen LogP contribution in [0, 0.1) is 5.92 Å². The smallest absolute Gasteiger partial charge is 0.311 e. The van der Waals surface area contributed by atoms with E-state index in [9.17, 15) is 9.59 Å². The molecule has 0 amide bonds. The molecule has 1 N–H and O–H groups in total. The molecular weight excluding hydrogens is 204 g/mol. The Labute approximate surface area is 97.2 Å². The Morgan fingerprint density at radius 3 is 2.31 bits per heavy atom. The van der Waals surface area contributed by atoms with Crippen molar-refractivity contribution in [2.75, 3.05) is 0 Å². The third kappa shape index (κ3) is 6.76. The number of carbonyl (C=O) groups is 2. The van der Waals surface area contributed by atoms with Gasteiger partial charge in [-0.2, -0.15) is 0 Å². The molecule has 0 unspecified atom stereocenters. The zero-order valence-electron chi connectivity index (χ0n) is 10.1. The molecule has 0 spiro atoms. The van der Waals surface area contributed by atoms with Crippen molar-refractivity contribution in [1.29, 1.82) is 0 Å². The van der Waals surface area contributed by atoms with Gasteiger partial charge >= 0.3 is 5.97 Å². The molecule has 3 heteroatoms. The molecule has 0 fully saturated rings. The highest BCUT2D eigenvalue weighted by molar-refractivity contribution is 5.77. The van der Waals surface area contributed by atoms with E-state index in [1.165, 1.54) is 0 Å². The summed E-state index contributed by atoms with van der Waals surface area (Å²) in [5, 5.41) is 8.85. The van der Waals surface area contributed by atoms with E-state index in [-0.39, 0.29) is 6.42 Å². The molecule has 0 aromatic rings. The number of hydrogen-bond donors (Lipinski definition) is 1. The Morgan fingerprint density at radius 2 is 2.00 bits per heavy atom. The molecule has 3 nitrogen and oxygen atoms in total. The van der Waals surface area contributed by atoms with Gasteiger partial charge in [0.1, 0.15) is 6.29 Å². The van der Waals surface area contributed by atoms with Crippen LogP contribution in [-0.4, -0.2) is 17.4 Å². The second kappa shape index (κ2) is 11.4. The Kier molecular flexibility index (Phi) is 12.0. The summed E-state index contributed by atoms with van der Waals surface area (Å²) in [6.07, 6.45) is 7.15. The summed E-state index contributed by atoms with van der Waals surface area (Å²) >= 11 is 0. The van der Waals surface area contributed by atoms with Gasteiger partial charge in [-0.25, -0.2) is 0 Å². The molecule has 0 aliphatic carbocycles. The molecule has 90 valence electrons. The van der Waals surface area contributed by atoms with Crippen LogP contribution in [0.4, 0.5) is 0 Å². The highest BCUT2D eigenvalue weighted by Gasteiger charge is 2.19. The maximum atomic E-state index is 10.8. The van der Waals surface area contributed by atoms with Crippen molar-refractivity contribution in [3.05, 3.63) is 36.5 Å². The summed E-state index contributed by atoms with van der Waals surface area (Å²) in [5.41, 5.74) is 0.615. The van der Waals surface area contributed by atoms with E-state index in [1.54, 1.807) is 31.2 Å². The molecule has 0 aromatic heterocycles. The average molecular weight is 224 g/mol. The predicted octanol–water partition coefficient (Wildman–Crippen LogP) is 2.99. The topological polar surface area (TPSA) is 54.4 Å². The van der Waals surface area contributed by atoms with Crippen molar-refractivity contribution in [3.63, 3.8) is 0 Å². The van der Waals surface area contributed by atoms with Gasteiger partial charge in [0.05, 0.1) is 5.92 Å². The van der Waals surface area contributed by atoms with Crippen LogP contribution in [0.5, 0.6) is 0 Å². The normalized spacial score (nSPS) is 12.6. The molecule has 1 atom stereocenters. The van der Waals surface area contributed by atoms with E-state index < -0.39 is 11.9 Å². The van der Waals surface area contributed by atoms with Gasteiger partial charge in [0, 0.05) is 6.42 Å². The summed E-state index contributed by atoms with van der Waals surface area (Å²) < 4.78 is 0. The first-order valence-electron chi connectivity index (χ1n) is 5.29. The highest BCUT2D eigenvalue weighted by Crippen LogP contribution is 2.16. The lowest BCUT2D eigenvalue weighted by atomic mass is 9.95. The van der Waals surface area contributed by atoms with Gasteiger partial charge in [-0.3, -0.25) is 4.79 Å². The molecule has 16 heavy (non-hydrogen) atoms. The Hall–Kier alpha value is -1.64. The summed E-state index contributed by atoms with van der Waals surface area (Å²) in [7, 11) is 0. The molecule has 0 bridgehead atoms. The van der Waals surface area contributed by atoms with Crippen LogP contribution < -0.4 is 0 Å². The average Bonchev–Trinajstić information content (AvgIpc) is 2.31. The second-order valence-electron chi connectivity index (χ2n) is 2.68. The van der Waals surface area contributed by atoms with E-state index in [0.29, 0.717) is 11.9 Å². The summed E-state index contributed by atoms with van der Waals surface area (Å²) in [6, 6.07) is 0. The van der Waals surface area contributed by atoms with Crippen LogP contribution in [0.25, 0.3) is 0 Å². The Bertz CT molecular complexity index is 275. The van der Waals surface area contributed by atoms with Gasteiger partial charge in [-0.05, 0) is 12.5 Å². The highest BCUT2D eigenvalue weighted by atomic mass is 16.4. The van der Waals surface area contributed by atoms with E-state index in [1.807, 2.05) is 13.8 Å². The van der Waals surface area contributed by atoms with Gasteiger partial charge in [0.25, 0.3) is 0 Å². The van der Waals surface area contributed by atoms with Crippen LogP contribution in [0.3, 0.4) is 0 Å². The molecule has 0 rings (SSSR count). The molecule has 0 radical (unpaired) electrons. The number of hydrogen-bond acceptors (Lipinski definition) is 2. The van der Waals surface area contributed by atoms with Crippen LogP contribution >= 0.6 is 0 Å². The van der Waals surface area contributed by atoms with Gasteiger partial charge in [-0.1, -0.05) is 44.7 Å². The van der Waals surface area contributed by atoms with Crippen molar-refractivity contribution >= 4 is 12.3 Å². The third-order valence-electron chi connectivity index (χ3n) is 1.79. The van der Waals surface area contributed by atoms with E-state index in [2.05, 4.69) is 6.58 Å². The first-order valence-corrected chi connectivity index (χ1v) is 5.29. The monoisotopic (exact) mass is 224 g/mol. The number of aliphatic carboxylic acids is 1. The summed E-state index contributed by atoms with van der Waals surface area (Å²) in [6.45, 7) is 9.23. The number of carboxylic acid groups (broad SMARTS) is 1. The van der Waals surface area contributed by atoms with Crippen LogP contribution in [-0.2, 0) is 9.59 Å². The molecule has 0 aliphatic heterocycles. The molecule has 0 saturated carbocycles. The lowest BCUT2D eigenvalue weighted by Crippen LogP contribution is -2.15. The Morgan fingerprint density at radius 1 is 1.44 bits per heavy atom. The molecule has 0 saturated heterocycles. The zero-order valence-corrected chi connectivity index (χ0v) is 10.1. The third-order valence-corrected chi connectivity index (χ3v) is 1.79. The zero-order chi connectivity index (χ0) is 13.0. The molecule has 0 aliphatic rings. The number of carbonyl (C=O) groups excluding carboxylic acids is 1. The molecule has 0 heterocycles. The van der Waals surface area contributed by atoms with E-state index in [0.717, 1.165) is 0 Å². The largest absolute Gasteiger partial charge is 0.481 e. The van der Waals surface area contributed by atoms with Crippen LogP contribution in [0.2, 0.25) is 0 Å². The summed E-state index contributed by atoms with van der Waals surface area (Å²) in [4.78, 5) is 21.1. The minimum atomic E-state index is -0.987. The molecular formula is C13H20O3. The van der Waals surface area contributed by atoms with Crippen molar-refractivity contribution < 1.29 is 14.7 Å².